The molecule has 2 N–H and O–H groups in total. The second kappa shape index (κ2) is 5.11. The standard InChI is InChI=1S/C8H16N2O2S/c1-8(2,7(12)9-3)5-10-6(11)4-13/h13H,4-5H2,1-3H3,(H,9,12)(H,10,11). The van der Waals surface area contributed by atoms with Crippen molar-refractivity contribution in [2.45, 2.75) is 13.8 Å². The van der Waals surface area contributed by atoms with Gasteiger partial charge in [0.05, 0.1) is 11.2 Å². The maximum absolute atomic E-state index is 11.3. The molecule has 0 radical (unpaired) electrons. The normalized spacial score (nSPS) is 10.8. The van der Waals surface area contributed by atoms with Gasteiger partial charge in [0.2, 0.25) is 11.8 Å². The molecule has 4 nitrogen and oxygen atoms in total. The molecule has 0 aliphatic carbocycles. The first-order valence-electron chi connectivity index (χ1n) is 4.04. The van der Waals surface area contributed by atoms with Gasteiger partial charge >= 0.3 is 0 Å². The lowest BCUT2D eigenvalue weighted by Gasteiger charge is -2.22. The topological polar surface area (TPSA) is 58.2 Å². The van der Waals surface area contributed by atoms with E-state index in [0.29, 0.717) is 6.54 Å². The monoisotopic (exact) mass is 204 g/mol. The van der Waals surface area contributed by atoms with E-state index in [2.05, 4.69) is 23.3 Å². The lowest BCUT2D eigenvalue weighted by molar-refractivity contribution is -0.129. The number of rotatable bonds is 4. The minimum Gasteiger partial charge on any atom is -0.359 e. The van der Waals surface area contributed by atoms with Gasteiger partial charge < -0.3 is 10.6 Å². The first-order valence-corrected chi connectivity index (χ1v) is 4.67. The predicted octanol–water partition coefficient (Wildman–Crippen LogP) is -0.195. The molecule has 0 saturated heterocycles. The minimum atomic E-state index is -0.576. The Bertz CT molecular complexity index is 204. The molecule has 0 aromatic heterocycles. The van der Waals surface area contributed by atoms with E-state index >= 15 is 0 Å². The number of carbonyl (C=O) groups is 2. The second-order valence-electron chi connectivity index (χ2n) is 3.40. The lowest BCUT2D eigenvalue weighted by Crippen LogP contribution is -2.44. The summed E-state index contributed by atoms with van der Waals surface area (Å²) < 4.78 is 0. The molecule has 0 atom stereocenters. The highest BCUT2D eigenvalue weighted by molar-refractivity contribution is 7.81. The Kier molecular flexibility index (Phi) is 4.83. The summed E-state index contributed by atoms with van der Waals surface area (Å²) in [5, 5.41) is 5.15. The van der Waals surface area contributed by atoms with E-state index in [1.165, 1.54) is 0 Å². The Hall–Kier alpha value is -0.710. The first-order chi connectivity index (χ1) is 5.94. The maximum Gasteiger partial charge on any atom is 0.229 e. The van der Waals surface area contributed by atoms with Gasteiger partial charge in [0.1, 0.15) is 0 Å². The van der Waals surface area contributed by atoms with Gasteiger partial charge in [-0.05, 0) is 13.8 Å². The van der Waals surface area contributed by atoms with Crippen LogP contribution in [0.15, 0.2) is 0 Å². The number of amides is 2. The highest BCUT2D eigenvalue weighted by Gasteiger charge is 2.26. The van der Waals surface area contributed by atoms with Crippen LogP contribution in [0.1, 0.15) is 13.8 Å². The smallest absolute Gasteiger partial charge is 0.229 e. The molecule has 0 fully saturated rings. The molecule has 0 aliphatic heterocycles. The molecule has 0 unspecified atom stereocenters. The lowest BCUT2D eigenvalue weighted by atomic mass is 9.92. The van der Waals surface area contributed by atoms with Crippen molar-refractivity contribution in [3.63, 3.8) is 0 Å². The molecule has 0 bridgehead atoms. The van der Waals surface area contributed by atoms with Crippen LogP contribution in [0.4, 0.5) is 0 Å². The summed E-state index contributed by atoms with van der Waals surface area (Å²) in [4.78, 5) is 22.1. The van der Waals surface area contributed by atoms with E-state index in [1.54, 1.807) is 20.9 Å². The Morgan fingerprint density at radius 1 is 1.38 bits per heavy atom. The van der Waals surface area contributed by atoms with Crippen molar-refractivity contribution in [3.8, 4) is 0 Å². The molecule has 0 aliphatic rings. The zero-order chi connectivity index (χ0) is 10.5. The van der Waals surface area contributed by atoms with E-state index in [0.717, 1.165) is 0 Å². The van der Waals surface area contributed by atoms with Gasteiger partial charge in [0.25, 0.3) is 0 Å². The van der Waals surface area contributed by atoms with Crippen molar-refractivity contribution < 1.29 is 9.59 Å². The number of thiol groups is 1. The average Bonchev–Trinajstić information content (AvgIpc) is 2.12. The molecule has 0 heterocycles. The van der Waals surface area contributed by atoms with Crippen molar-refractivity contribution >= 4 is 24.4 Å². The molecule has 0 saturated carbocycles. The molecule has 76 valence electrons. The van der Waals surface area contributed by atoms with Crippen molar-refractivity contribution in [2.24, 2.45) is 5.41 Å². The summed E-state index contributed by atoms with van der Waals surface area (Å²) in [7, 11) is 1.57. The number of hydrogen-bond acceptors (Lipinski definition) is 3. The molecular weight excluding hydrogens is 188 g/mol. The molecule has 0 rings (SSSR count). The van der Waals surface area contributed by atoms with Gasteiger partial charge in [-0.3, -0.25) is 9.59 Å². The van der Waals surface area contributed by atoms with Crippen LogP contribution in [0.5, 0.6) is 0 Å². The molecule has 0 aromatic carbocycles. The van der Waals surface area contributed by atoms with Gasteiger partial charge in [-0.15, -0.1) is 0 Å². The zero-order valence-corrected chi connectivity index (χ0v) is 9.07. The van der Waals surface area contributed by atoms with Crippen molar-refractivity contribution in [1.29, 1.82) is 0 Å². The van der Waals surface area contributed by atoms with E-state index < -0.39 is 5.41 Å². The van der Waals surface area contributed by atoms with Gasteiger partial charge in [0.15, 0.2) is 0 Å². The van der Waals surface area contributed by atoms with Crippen molar-refractivity contribution in [2.75, 3.05) is 19.3 Å². The van der Waals surface area contributed by atoms with Crippen LogP contribution in [0.25, 0.3) is 0 Å². The van der Waals surface area contributed by atoms with E-state index in [-0.39, 0.29) is 17.6 Å². The summed E-state index contributed by atoms with van der Waals surface area (Å²) in [5.41, 5.74) is -0.576. The molecule has 2 amide bonds. The van der Waals surface area contributed by atoms with Gasteiger partial charge in [-0.1, -0.05) is 0 Å². The van der Waals surface area contributed by atoms with Crippen LogP contribution in [0, 0.1) is 5.41 Å². The zero-order valence-electron chi connectivity index (χ0n) is 8.18. The molecular formula is C8H16N2O2S. The largest absolute Gasteiger partial charge is 0.359 e. The summed E-state index contributed by atoms with van der Waals surface area (Å²) in [6, 6.07) is 0. The summed E-state index contributed by atoms with van der Waals surface area (Å²) in [6.45, 7) is 3.86. The summed E-state index contributed by atoms with van der Waals surface area (Å²) in [6.07, 6.45) is 0. The van der Waals surface area contributed by atoms with Crippen LogP contribution < -0.4 is 10.6 Å². The Morgan fingerprint density at radius 2 is 1.92 bits per heavy atom. The Labute approximate surface area is 83.9 Å². The van der Waals surface area contributed by atoms with Crippen LogP contribution in [-0.2, 0) is 9.59 Å². The van der Waals surface area contributed by atoms with Crippen LogP contribution in [0.3, 0.4) is 0 Å². The second-order valence-corrected chi connectivity index (χ2v) is 3.71. The fraction of sp³-hybridized carbons (Fsp3) is 0.750. The molecule has 5 heteroatoms. The predicted molar refractivity (Wildman–Crippen MR) is 54.7 cm³/mol. The highest BCUT2D eigenvalue weighted by atomic mass is 32.1. The average molecular weight is 204 g/mol. The number of carbonyl (C=O) groups excluding carboxylic acids is 2. The highest BCUT2D eigenvalue weighted by Crippen LogP contribution is 2.12. The quantitative estimate of drug-likeness (QED) is 0.556. The number of nitrogens with one attached hydrogen (secondary N) is 2. The fourth-order valence-electron chi connectivity index (χ4n) is 0.794. The minimum absolute atomic E-state index is 0.0908. The fourth-order valence-corrected chi connectivity index (χ4v) is 0.906. The van der Waals surface area contributed by atoms with E-state index in [9.17, 15) is 9.59 Å². The third-order valence-corrected chi connectivity index (χ3v) is 2.00. The van der Waals surface area contributed by atoms with E-state index in [1.807, 2.05) is 0 Å². The number of hydrogen-bond donors (Lipinski definition) is 3. The third kappa shape index (κ3) is 4.17. The maximum atomic E-state index is 11.3. The van der Waals surface area contributed by atoms with Crippen LogP contribution in [-0.4, -0.2) is 31.2 Å². The molecule has 0 spiro atoms. The summed E-state index contributed by atoms with van der Waals surface area (Å²) in [5.74, 6) is -0.114. The van der Waals surface area contributed by atoms with Gasteiger partial charge in [-0.25, -0.2) is 0 Å². The van der Waals surface area contributed by atoms with Crippen LogP contribution in [0.2, 0.25) is 0 Å². The Balaban J connectivity index is 4.03. The van der Waals surface area contributed by atoms with E-state index in [4.69, 9.17) is 0 Å². The van der Waals surface area contributed by atoms with Gasteiger partial charge in [-0.2, -0.15) is 12.6 Å². The first kappa shape index (κ1) is 12.3. The van der Waals surface area contributed by atoms with Crippen molar-refractivity contribution in [3.05, 3.63) is 0 Å². The van der Waals surface area contributed by atoms with Crippen LogP contribution >= 0.6 is 12.6 Å². The molecule has 13 heavy (non-hydrogen) atoms. The SMILES string of the molecule is CNC(=O)C(C)(C)CNC(=O)CS. The molecule has 0 aromatic rings. The summed E-state index contributed by atoms with van der Waals surface area (Å²) >= 11 is 3.81. The van der Waals surface area contributed by atoms with Gasteiger partial charge in [0, 0.05) is 13.6 Å². The van der Waals surface area contributed by atoms with Crippen molar-refractivity contribution in [1.82, 2.24) is 10.6 Å². The Morgan fingerprint density at radius 3 is 2.31 bits per heavy atom. The third-order valence-electron chi connectivity index (χ3n) is 1.71.